The molecule has 1 aliphatic rings. The van der Waals surface area contributed by atoms with Crippen molar-refractivity contribution in [1.82, 2.24) is 0 Å². The Morgan fingerprint density at radius 1 is 1.30 bits per heavy atom. The highest BCUT2D eigenvalue weighted by Gasteiger charge is 2.42. The van der Waals surface area contributed by atoms with Gasteiger partial charge < -0.3 is 10.1 Å². The number of hydrogen-bond acceptors (Lipinski definition) is 3. The molecule has 3 nitrogen and oxygen atoms in total. The Labute approximate surface area is 121 Å². The summed E-state index contributed by atoms with van der Waals surface area (Å²) in [6.45, 7) is 4.44. The van der Waals surface area contributed by atoms with Crippen LogP contribution in [-0.4, -0.2) is 12.6 Å². The van der Waals surface area contributed by atoms with Crippen molar-refractivity contribution in [3.63, 3.8) is 0 Å². The number of nitrogens with zero attached hydrogens (tertiary/aromatic N) is 1. The van der Waals surface area contributed by atoms with Crippen LogP contribution in [0.2, 0.25) is 0 Å². The van der Waals surface area contributed by atoms with Gasteiger partial charge in [-0.15, -0.1) is 0 Å². The van der Waals surface area contributed by atoms with Crippen molar-refractivity contribution in [2.75, 3.05) is 12.4 Å². The minimum absolute atomic E-state index is 0.406. The zero-order valence-electron chi connectivity index (χ0n) is 12.6. The Morgan fingerprint density at radius 2 is 2.00 bits per heavy atom. The topological polar surface area (TPSA) is 45.0 Å². The molecule has 2 atom stereocenters. The third-order valence-corrected chi connectivity index (χ3v) is 4.43. The molecule has 1 aromatic rings. The van der Waals surface area contributed by atoms with Gasteiger partial charge in [-0.1, -0.05) is 26.7 Å². The molecule has 0 aromatic heterocycles. The molecule has 3 heteroatoms. The first kappa shape index (κ1) is 14.7. The molecule has 1 saturated carbocycles. The summed E-state index contributed by atoms with van der Waals surface area (Å²) >= 11 is 0. The van der Waals surface area contributed by atoms with Crippen LogP contribution in [-0.2, 0) is 0 Å². The van der Waals surface area contributed by atoms with Gasteiger partial charge in [0.05, 0.1) is 13.2 Å². The van der Waals surface area contributed by atoms with Gasteiger partial charge in [-0.3, -0.25) is 0 Å². The Balaban J connectivity index is 2.23. The lowest BCUT2D eigenvalue weighted by atomic mass is 9.68. The fraction of sp³-hybridized carbons (Fsp3) is 0.588. The van der Waals surface area contributed by atoms with E-state index in [2.05, 4.69) is 25.2 Å². The molecule has 1 fully saturated rings. The van der Waals surface area contributed by atoms with Crippen molar-refractivity contribution in [2.45, 2.75) is 45.1 Å². The fourth-order valence-corrected chi connectivity index (χ4v) is 3.36. The molecule has 0 spiro atoms. The molecule has 0 saturated heterocycles. The third kappa shape index (κ3) is 2.90. The zero-order chi connectivity index (χ0) is 14.6. The predicted octanol–water partition coefficient (Wildman–Crippen LogP) is 4.22. The maximum atomic E-state index is 9.79. The maximum absolute atomic E-state index is 9.79. The zero-order valence-corrected chi connectivity index (χ0v) is 12.6. The van der Waals surface area contributed by atoms with E-state index in [9.17, 15) is 5.26 Å². The second kappa shape index (κ2) is 6.17. The molecule has 0 aliphatic heterocycles. The molecule has 0 amide bonds. The smallest absolute Gasteiger partial charge is 0.128 e. The standard InChI is InChI=1S/C17H24N2O/c1-13(2)16-6-4-5-11-17(16,12-18)19-14-7-9-15(20-3)10-8-14/h7-10,13,16,19H,4-6,11H2,1-3H3. The van der Waals surface area contributed by atoms with Crippen molar-refractivity contribution in [1.29, 1.82) is 5.26 Å². The summed E-state index contributed by atoms with van der Waals surface area (Å²) in [6, 6.07) is 10.4. The Hall–Kier alpha value is -1.69. The monoisotopic (exact) mass is 272 g/mol. The third-order valence-electron chi connectivity index (χ3n) is 4.43. The molecule has 1 aliphatic carbocycles. The Bertz CT molecular complexity index is 475. The number of ether oxygens (including phenoxy) is 1. The minimum Gasteiger partial charge on any atom is -0.497 e. The first-order valence-electron chi connectivity index (χ1n) is 7.45. The van der Waals surface area contributed by atoms with Crippen LogP contribution in [0.3, 0.4) is 0 Å². The number of nitriles is 1. The summed E-state index contributed by atoms with van der Waals surface area (Å²) in [7, 11) is 1.66. The number of rotatable bonds is 4. The van der Waals surface area contributed by atoms with Crippen molar-refractivity contribution in [3.8, 4) is 11.8 Å². The Kier molecular flexibility index (Phi) is 4.54. The van der Waals surface area contributed by atoms with Crippen LogP contribution in [0.15, 0.2) is 24.3 Å². The normalized spacial score (nSPS) is 26.1. The van der Waals surface area contributed by atoms with Crippen LogP contribution in [0.1, 0.15) is 39.5 Å². The fourth-order valence-electron chi connectivity index (χ4n) is 3.36. The molecule has 2 unspecified atom stereocenters. The van der Waals surface area contributed by atoms with Gasteiger partial charge in [0.25, 0.3) is 0 Å². The average molecular weight is 272 g/mol. The van der Waals surface area contributed by atoms with E-state index >= 15 is 0 Å². The lowest BCUT2D eigenvalue weighted by molar-refractivity contribution is 0.205. The highest BCUT2D eigenvalue weighted by molar-refractivity contribution is 5.50. The molecule has 1 N–H and O–H groups in total. The first-order valence-corrected chi connectivity index (χ1v) is 7.45. The van der Waals surface area contributed by atoms with Gasteiger partial charge in [0, 0.05) is 5.69 Å². The quantitative estimate of drug-likeness (QED) is 0.892. The first-order chi connectivity index (χ1) is 9.61. The van der Waals surface area contributed by atoms with Gasteiger partial charge in [0.1, 0.15) is 11.3 Å². The largest absolute Gasteiger partial charge is 0.497 e. The maximum Gasteiger partial charge on any atom is 0.128 e. The van der Waals surface area contributed by atoms with E-state index in [1.54, 1.807) is 7.11 Å². The highest BCUT2D eigenvalue weighted by atomic mass is 16.5. The van der Waals surface area contributed by atoms with Crippen LogP contribution in [0.25, 0.3) is 0 Å². The lowest BCUT2D eigenvalue weighted by Crippen LogP contribution is -2.48. The van der Waals surface area contributed by atoms with Gasteiger partial charge in [-0.25, -0.2) is 0 Å². The molecule has 2 rings (SSSR count). The number of nitrogens with one attached hydrogen (secondary N) is 1. The van der Waals surface area contributed by atoms with E-state index in [0.29, 0.717) is 11.8 Å². The van der Waals surface area contributed by atoms with Crippen molar-refractivity contribution in [2.24, 2.45) is 11.8 Å². The minimum atomic E-state index is -0.430. The van der Waals surface area contributed by atoms with Gasteiger partial charge in [0.15, 0.2) is 0 Å². The summed E-state index contributed by atoms with van der Waals surface area (Å²) in [5, 5.41) is 13.3. The van der Waals surface area contributed by atoms with E-state index in [-0.39, 0.29) is 0 Å². The molecule has 20 heavy (non-hydrogen) atoms. The van der Waals surface area contributed by atoms with Crippen LogP contribution in [0, 0.1) is 23.2 Å². The Morgan fingerprint density at radius 3 is 2.55 bits per heavy atom. The summed E-state index contributed by atoms with van der Waals surface area (Å²) < 4.78 is 5.18. The highest BCUT2D eigenvalue weighted by Crippen LogP contribution is 2.40. The number of methoxy groups -OCH3 is 1. The van der Waals surface area contributed by atoms with E-state index in [4.69, 9.17) is 4.74 Å². The lowest BCUT2D eigenvalue weighted by Gasteiger charge is -2.42. The number of anilines is 1. The second-order valence-corrected chi connectivity index (χ2v) is 6.03. The van der Waals surface area contributed by atoms with Crippen molar-refractivity contribution < 1.29 is 4.74 Å². The molecular formula is C17H24N2O. The summed E-state index contributed by atoms with van der Waals surface area (Å²) in [5.74, 6) is 1.76. The second-order valence-electron chi connectivity index (χ2n) is 6.03. The predicted molar refractivity (Wildman–Crippen MR) is 81.8 cm³/mol. The van der Waals surface area contributed by atoms with Crippen LogP contribution >= 0.6 is 0 Å². The molecule has 0 heterocycles. The van der Waals surface area contributed by atoms with Crippen LogP contribution in [0.4, 0.5) is 5.69 Å². The average Bonchev–Trinajstić information content (AvgIpc) is 2.48. The summed E-state index contributed by atoms with van der Waals surface area (Å²) in [6.07, 6.45) is 4.42. The number of hydrogen-bond donors (Lipinski definition) is 1. The molecular weight excluding hydrogens is 248 g/mol. The van der Waals surface area contributed by atoms with Gasteiger partial charge in [-0.05, 0) is 48.9 Å². The molecule has 0 radical (unpaired) electrons. The molecule has 108 valence electrons. The van der Waals surface area contributed by atoms with Gasteiger partial charge in [-0.2, -0.15) is 5.26 Å². The van der Waals surface area contributed by atoms with Crippen LogP contribution in [0.5, 0.6) is 5.75 Å². The van der Waals surface area contributed by atoms with Crippen molar-refractivity contribution in [3.05, 3.63) is 24.3 Å². The van der Waals surface area contributed by atoms with Gasteiger partial charge in [0.2, 0.25) is 0 Å². The summed E-state index contributed by atoms with van der Waals surface area (Å²) in [4.78, 5) is 0. The van der Waals surface area contributed by atoms with Crippen LogP contribution < -0.4 is 10.1 Å². The van der Waals surface area contributed by atoms with E-state index in [1.807, 2.05) is 24.3 Å². The van der Waals surface area contributed by atoms with Crippen molar-refractivity contribution >= 4 is 5.69 Å². The van der Waals surface area contributed by atoms with E-state index < -0.39 is 5.54 Å². The van der Waals surface area contributed by atoms with Gasteiger partial charge >= 0.3 is 0 Å². The summed E-state index contributed by atoms with van der Waals surface area (Å²) in [5.41, 5.74) is 0.570. The van der Waals surface area contributed by atoms with E-state index in [0.717, 1.165) is 30.7 Å². The van der Waals surface area contributed by atoms with E-state index in [1.165, 1.54) is 6.42 Å². The SMILES string of the molecule is COc1ccc(NC2(C#N)CCCCC2C(C)C)cc1. The molecule has 1 aromatic carbocycles. The molecule has 0 bridgehead atoms. The number of benzene rings is 1.